The fourth-order valence-electron chi connectivity index (χ4n) is 1.79. The van der Waals surface area contributed by atoms with Crippen LogP contribution in [-0.4, -0.2) is 47.7 Å². The number of morpholine rings is 1. The van der Waals surface area contributed by atoms with Gasteiger partial charge in [-0.2, -0.15) is 0 Å². The first kappa shape index (κ1) is 12.9. The minimum absolute atomic E-state index is 0.0562. The number of rotatable bonds is 2. The normalized spacial score (nSPS) is 19.6. The summed E-state index contributed by atoms with van der Waals surface area (Å²) in [6.07, 6.45) is -0.957. The molecule has 0 spiro atoms. The number of aliphatic carboxylic acids is 1. The molecule has 1 heterocycles. The Labute approximate surface area is 109 Å². The Balaban J connectivity index is 2.11. The van der Waals surface area contributed by atoms with Crippen LogP contribution in [0.4, 0.5) is 0 Å². The number of hydrogen-bond donors (Lipinski definition) is 1. The Morgan fingerprint density at radius 2 is 2.22 bits per heavy atom. The van der Waals surface area contributed by atoms with E-state index >= 15 is 0 Å². The van der Waals surface area contributed by atoms with E-state index in [1.165, 1.54) is 4.90 Å². The smallest absolute Gasteiger partial charge is 0.334 e. The third-order valence-electron chi connectivity index (χ3n) is 2.70. The summed E-state index contributed by atoms with van der Waals surface area (Å²) in [5.74, 6) is -1.29. The minimum atomic E-state index is -1.06. The second kappa shape index (κ2) is 5.37. The highest BCUT2D eigenvalue weighted by Crippen LogP contribution is 2.15. The van der Waals surface area contributed by atoms with Crippen LogP contribution in [0.1, 0.15) is 10.4 Å². The molecule has 1 fully saturated rings. The van der Waals surface area contributed by atoms with E-state index in [9.17, 15) is 9.59 Å². The lowest BCUT2D eigenvalue weighted by atomic mass is 10.1. The highest BCUT2D eigenvalue weighted by atomic mass is 35.5. The van der Waals surface area contributed by atoms with E-state index in [-0.39, 0.29) is 19.1 Å². The Morgan fingerprint density at radius 1 is 1.44 bits per heavy atom. The molecule has 5 nitrogen and oxygen atoms in total. The Bertz CT molecular complexity index is 477. The summed E-state index contributed by atoms with van der Waals surface area (Å²) in [7, 11) is 0. The molecule has 6 heteroatoms. The maximum atomic E-state index is 12.1. The van der Waals surface area contributed by atoms with Crippen LogP contribution in [0.5, 0.6) is 0 Å². The Hall–Kier alpha value is -1.59. The first-order chi connectivity index (χ1) is 8.58. The van der Waals surface area contributed by atoms with Gasteiger partial charge in [0, 0.05) is 17.1 Å². The summed E-state index contributed by atoms with van der Waals surface area (Å²) < 4.78 is 5.06. The van der Waals surface area contributed by atoms with Crippen molar-refractivity contribution in [1.82, 2.24) is 4.90 Å². The molecule has 0 aromatic heterocycles. The summed E-state index contributed by atoms with van der Waals surface area (Å²) in [4.78, 5) is 24.4. The van der Waals surface area contributed by atoms with Gasteiger partial charge in [-0.25, -0.2) is 4.79 Å². The molecule has 1 N–H and O–H groups in total. The third-order valence-corrected chi connectivity index (χ3v) is 2.94. The fraction of sp³-hybridized carbons (Fsp3) is 0.333. The number of benzene rings is 1. The zero-order chi connectivity index (χ0) is 13.1. The maximum absolute atomic E-state index is 12.1. The average molecular weight is 270 g/mol. The van der Waals surface area contributed by atoms with E-state index < -0.39 is 12.1 Å². The quantitative estimate of drug-likeness (QED) is 0.878. The van der Waals surface area contributed by atoms with Crippen molar-refractivity contribution >= 4 is 23.5 Å². The van der Waals surface area contributed by atoms with Crippen molar-refractivity contribution < 1.29 is 19.4 Å². The van der Waals surface area contributed by atoms with Gasteiger partial charge in [0.15, 0.2) is 6.10 Å². The molecule has 1 aliphatic heterocycles. The maximum Gasteiger partial charge on any atom is 0.334 e. The zero-order valence-corrected chi connectivity index (χ0v) is 10.3. The number of halogens is 1. The number of ether oxygens (including phenoxy) is 1. The van der Waals surface area contributed by atoms with E-state index in [4.69, 9.17) is 21.4 Å². The predicted molar refractivity (Wildman–Crippen MR) is 64.7 cm³/mol. The summed E-state index contributed by atoms with van der Waals surface area (Å²) >= 11 is 5.82. The van der Waals surface area contributed by atoms with E-state index in [0.717, 1.165) is 0 Å². The summed E-state index contributed by atoms with van der Waals surface area (Å²) in [6.45, 7) is 0.666. The van der Waals surface area contributed by atoms with Crippen molar-refractivity contribution in [1.29, 1.82) is 0 Å². The molecule has 0 saturated carbocycles. The van der Waals surface area contributed by atoms with Gasteiger partial charge in [0.05, 0.1) is 13.2 Å². The van der Waals surface area contributed by atoms with Crippen LogP contribution in [0.2, 0.25) is 5.02 Å². The van der Waals surface area contributed by atoms with Crippen molar-refractivity contribution in [3.63, 3.8) is 0 Å². The Morgan fingerprint density at radius 3 is 2.89 bits per heavy atom. The molecule has 1 aromatic rings. The fourth-order valence-corrected chi connectivity index (χ4v) is 1.98. The molecule has 1 aromatic carbocycles. The molecule has 1 amide bonds. The number of carbonyl (C=O) groups excluding carboxylic acids is 1. The van der Waals surface area contributed by atoms with E-state index in [0.29, 0.717) is 17.1 Å². The lowest BCUT2D eigenvalue weighted by Crippen LogP contribution is -2.48. The van der Waals surface area contributed by atoms with Gasteiger partial charge in [-0.3, -0.25) is 4.79 Å². The molecule has 18 heavy (non-hydrogen) atoms. The van der Waals surface area contributed by atoms with Gasteiger partial charge in [0.2, 0.25) is 0 Å². The molecule has 0 aliphatic carbocycles. The lowest BCUT2D eigenvalue weighted by molar-refractivity contribution is -0.154. The van der Waals surface area contributed by atoms with Crippen molar-refractivity contribution in [3.8, 4) is 0 Å². The van der Waals surface area contributed by atoms with Gasteiger partial charge in [-0.05, 0) is 18.2 Å². The third kappa shape index (κ3) is 2.80. The summed E-state index contributed by atoms with van der Waals surface area (Å²) in [5, 5.41) is 9.34. The second-order valence-electron chi connectivity index (χ2n) is 3.96. The van der Waals surface area contributed by atoms with E-state index in [2.05, 4.69) is 0 Å². The molecule has 0 bridgehead atoms. The Kier molecular flexibility index (Phi) is 3.84. The molecule has 1 atom stereocenters. The molecule has 1 unspecified atom stereocenters. The lowest BCUT2D eigenvalue weighted by Gasteiger charge is -2.30. The first-order valence-corrected chi connectivity index (χ1v) is 5.85. The average Bonchev–Trinajstić information content (AvgIpc) is 2.38. The minimum Gasteiger partial charge on any atom is -0.479 e. The molecule has 1 saturated heterocycles. The standard InChI is InChI=1S/C12H12ClNO4/c13-9-3-1-2-8(6-9)11(15)14-4-5-18-10(7-14)12(16)17/h1-3,6,10H,4-5,7H2,(H,16,17). The van der Waals surface area contributed by atoms with Crippen LogP contribution in [0, 0.1) is 0 Å². The molecule has 0 radical (unpaired) electrons. The SMILES string of the molecule is O=C(O)C1CN(C(=O)c2cccc(Cl)c2)CCO1. The topological polar surface area (TPSA) is 66.8 Å². The summed E-state index contributed by atoms with van der Waals surface area (Å²) in [6, 6.07) is 6.58. The van der Waals surface area contributed by atoms with Crippen LogP contribution < -0.4 is 0 Å². The monoisotopic (exact) mass is 269 g/mol. The van der Waals surface area contributed by atoms with Gasteiger partial charge < -0.3 is 14.7 Å². The van der Waals surface area contributed by atoms with Crippen molar-refractivity contribution in [2.24, 2.45) is 0 Å². The van der Waals surface area contributed by atoms with Gasteiger partial charge in [-0.15, -0.1) is 0 Å². The van der Waals surface area contributed by atoms with Crippen molar-refractivity contribution in [2.45, 2.75) is 6.10 Å². The van der Waals surface area contributed by atoms with Gasteiger partial charge in [-0.1, -0.05) is 17.7 Å². The van der Waals surface area contributed by atoms with Gasteiger partial charge >= 0.3 is 5.97 Å². The molecular weight excluding hydrogens is 258 g/mol. The van der Waals surface area contributed by atoms with Crippen molar-refractivity contribution in [2.75, 3.05) is 19.7 Å². The number of hydrogen-bond acceptors (Lipinski definition) is 3. The zero-order valence-electron chi connectivity index (χ0n) is 9.51. The second-order valence-corrected chi connectivity index (χ2v) is 4.40. The van der Waals surface area contributed by atoms with E-state index in [1.807, 2.05) is 0 Å². The highest BCUT2D eigenvalue weighted by molar-refractivity contribution is 6.30. The van der Waals surface area contributed by atoms with Crippen LogP contribution in [0.3, 0.4) is 0 Å². The van der Waals surface area contributed by atoms with Crippen LogP contribution in [0.25, 0.3) is 0 Å². The number of amides is 1. The number of carbonyl (C=O) groups is 2. The molecule has 1 aliphatic rings. The van der Waals surface area contributed by atoms with Crippen LogP contribution in [-0.2, 0) is 9.53 Å². The van der Waals surface area contributed by atoms with Crippen molar-refractivity contribution in [3.05, 3.63) is 34.9 Å². The number of carboxylic acids is 1. The van der Waals surface area contributed by atoms with Crippen LogP contribution >= 0.6 is 11.6 Å². The number of nitrogens with zero attached hydrogens (tertiary/aromatic N) is 1. The van der Waals surface area contributed by atoms with Crippen LogP contribution in [0.15, 0.2) is 24.3 Å². The predicted octanol–water partition coefficient (Wildman–Crippen LogP) is 1.27. The van der Waals surface area contributed by atoms with Gasteiger partial charge in [0.1, 0.15) is 0 Å². The molecular formula is C12H12ClNO4. The van der Waals surface area contributed by atoms with Gasteiger partial charge in [0.25, 0.3) is 5.91 Å². The first-order valence-electron chi connectivity index (χ1n) is 5.47. The molecule has 2 rings (SSSR count). The molecule has 96 valence electrons. The largest absolute Gasteiger partial charge is 0.479 e. The highest BCUT2D eigenvalue weighted by Gasteiger charge is 2.29. The van der Waals surface area contributed by atoms with E-state index in [1.54, 1.807) is 24.3 Å². The number of carboxylic acid groups (broad SMARTS) is 1. The summed E-state index contributed by atoms with van der Waals surface area (Å²) in [5.41, 5.74) is 0.452.